The maximum absolute atomic E-state index is 11.6. The lowest BCUT2D eigenvalue weighted by atomic mass is 9.94. The van der Waals surface area contributed by atoms with Crippen molar-refractivity contribution in [1.82, 2.24) is 4.98 Å². The van der Waals surface area contributed by atoms with Gasteiger partial charge in [0.25, 0.3) is 0 Å². The van der Waals surface area contributed by atoms with Crippen LogP contribution in [0.1, 0.15) is 29.7 Å². The quantitative estimate of drug-likeness (QED) is 0.611. The summed E-state index contributed by atoms with van der Waals surface area (Å²) in [6.07, 6.45) is 4.21. The number of fused-ring (bicyclic) bond motifs is 1. The Bertz CT molecular complexity index is 670. The van der Waals surface area contributed by atoms with Crippen LogP contribution in [0, 0.1) is 5.41 Å². The third-order valence-corrected chi connectivity index (χ3v) is 5.82. The molecule has 7 heteroatoms. The highest BCUT2D eigenvalue weighted by molar-refractivity contribution is 7.91. The SMILES string of the molecule is N=C(N)c1cc2c(nc1N1CCS(=O)(=O)CC1)CCCC2. The van der Waals surface area contributed by atoms with Gasteiger partial charge in [0.1, 0.15) is 11.7 Å². The normalized spacial score (nSPS) is 20.9. The number of aromatic nitrogens is 1. The van der Waals surface area contributed by atoms with Gasteiger partial charge in [0, 0.05) is 18.8 Å². The van der Waals surface area contributed by atoms with Crippen LogP contribution >= 0.6 is 0 Å². The maximum Gasteiger partial charge on any atom is 0.153 e. The summed E-state index contributed by atoms with van der Waals surface area (Å²) < 4.78 is 23.1. The summed E-state index contributed by atoms with van der Waals surface area (Å²) in [7, 11) is -2.93. The number of nitrogens with two attached hydrogens (primary N) is 1. The highest BCUT2D eigenvalue weighted by Gasteiger charge is 2.26. The zero-order chi connectivity index (χ0) is 15.0. The van der Waals surface area contributed by atoms with Crippen LogP contribution in [0.2, 0.25) is 0 Å². The third kappa shape index (κ3) is 2.88. The zero-order valence-electron chi connectivity index (χ0n) is 11.9. The molecule has 2 heterocycles. The lowest BCUT2D eigenvalue weighted by molar-refractivity contribution is 0.586. The van der Waals surface area contributed by atoms with E-state index in [1.165, 1.54) is 5.56 Å². The van der Waals surface area contributed by atoms with Crippen LogP contribution in [-0.2, 0) is 22.7 Å². The molecule has 0 saturated carbocycles. The van der Waals surface area contributed by atoms with Gasteiger partial charge in [-0.05, 0) is 37.3 Å². The van der Waals surface area contributed by atoms with E-state index < -0.39 is 9.84 Å². The smallest absolute Gasteiger partial charge is 0.153 e. The Morgan fingerprint density at radius 2 is 1.90 bits per heavy atom. The van der Waals surface area contributed by atoms with Crippen molar-refractivity contribution < 1.29 is 8.42 Å². The number of aryl methyl sites for hydroxylation is 2. The van der Waals surface area contributed by atoms with Gasteiger partial charge in [-0.3, -0.25) is 5.41 Å². The number of anilines is 1. The first-order chi connectivity index (χ1) is 9.96. The molecule has 6 nitrogen and oxygen atoms in total. The summed E-state index contributed by atoms with van der Waals surface area (Å²) in [6, 6.07) is 1.97. The molecule has 0 spiro atoms. The molecule has 1 saturated heterocycles. The predicted octanol–water partition coefficient (Wildman–Crippen LogP) is 0.479. The molecule has 0 radical (unpaired) electrons. The first kappa shape index (κ1) is 14.3. The van der Waals surface area contributed by atoms with Crippen LogP contribution in [-0.4, -0.2) is 43.8 Å². The number of amidine groups is 1. The van der Waals surface area contributed by atoms with Crippen molar-refractivity contribution in [2.24, 2.45) is 5.73 Å². The number of hydrogen-bond donors (Lipinski definition) is 2. The molecule has 3 rings (SSSR count). The Morgan fingerprint density at radius 3 is 2.57 bits per heavy atom. The number of rotatable bonds is 2. The summed E-state index contributed by atoms with van der Waals surface area (Å²) in [6.45, 7) is 0.850. The van der Waals surface area contributed by atoms with Gasteiger partial charge in [0.15, 0.2) is 9.84 Å². The number of hydrogen-bond acceptors (Lipinski definition) is 5. The number of nitrogens with zero attached hydrogens (tertiary/aromatic N) is 2. The van der Waals surface area contributed by atoms with Gasteiger partial charge in [-0.15, -0.1) is 0 Å². The summed E-state index contributed by atoms with van der Waals surface area (Å²) >= 11 is 0. The topological polar surface area (TPSA) is 100 Å². The molecule has 114 valence electrons. The van der Waals surface area contributed by atoms with Crippen LogP contribution < -0.4 is 10.6 Å². The molecule has 1 fully saturated rings. The van der Waals surface area contributed by atoms with Crippen LogP contribution in [0.15, 0.2) is 6.07 Å². The third-order valence-electron chi connectivity index (χ3n) is 4.21. The Kier molecular flexibility index (Phi) is 3.61. The summed E-state index contributed by atoms with van der Waals surface area (Å²) in [4.78, 5) is 6.67. The largest absolute Gasteiger partial charge is 0.384 e. The molecule has 0 atom stereocenters. The Balaban J connectivity index is 1.98. The second-order valence-corrected chi connectivity index (χ2v) is 8.03. The van der Waals surface area contributed by atoms with Gasteiger partial charge >= 0.3 is 0 Å². The van der Waals surface area contributed by atoms with Gasteiger partial charge in [-0.25, -0.2) is 13.4 Å². The highest BCUT2D eigenvalue weighted by atomic mass is 32.2. The number of nitrogens with one attached hydrogen (secondary N) is 1. The molecular formula is C14H20N4O2S. The molecule has 1 aromatic heterocycles. The van der Waals surface area contributed by atoms with Crippen molar-refractivity contribution in [2.45, 2.75) is 25.7 Å². The average Bonchev–Trinajstić information content (AvgIpc) is 2.46. The van der Waals surface area contributed by atoms with Crippen LogP contribution in [0.4, 0.5) is 5.82 Å². The van der Waals surface area contributed by atoms with E-state index in [2.05, 4.69) is 0 Å². The highest BCUT2D eigenvalue weighted by Crippen LogP contribution is 2.27. The summed E-state index contributed by atoms with van der Waals surface area (Å²) in [5, 5.41) is 7.78. The van der Waals surface area contributed by atoms with E-state index in [1.807, 2.05) is 11.0 Å². The molecule has 0 amide bonds. The van der Waals surface area contributed by atoms with Gasteiger partial charge in [-0.1, -0.05) is 0 Å². The summed E-state index contributed by atoms with van der Waals surface area (Å²) in [5.41, 5.74) is 8.60. The lowest BCUT2D eigenvalue weighted by Gasteiger charge is -2.30. The Morgan fingerprint density at radius 1 is 1.24 bits per heavy atom. The van der Waals surface area contributed by atoms with Gasteiger partial charge in [-0.2, -0.15) is 0 Å². The second-order valence-electron chi connectivity index (χ2n) is 5.73. The van der Waals surface area contributed by atoms with Crippen molar-refractivity contribution >= 4 is 21.5 Å². The van der Waals surface area contributed by atoms with Crippen molar-refractivity contribution in [2.75, 3.05) is 29.5 Å². The van der Waals surface area contributed by atoms with Crippen LogP contribution in [0.25, 0.3) is 0 Å². The molecule has 2 aliphatic rings. The summed E-state index contributed by atoms with van der Waals surface area (Å²) in [5.74, 6) is 0.962. The molecule has 21 heavy (non-hydrogen) atoms. The van der Waals surface area contributed by atoms with E-state index in [9.17, 15) is 8.42 Å². The number of sulfone groups is 1. The molecule has 0 aromatic carbocycles. The van der Waals surface area contributed by atoms with E-state index in [0.29, 0.717) is 24.5 Å². The number of pyridine rings is 1. The maximum atomic E-state index is 11.6. The van der Waals surface area contributed by atoms with Crippen LogP contribution in [0.5, 0.6) is 0 Å². The van der Waals surface area contributed by atoms with Crippen LogP contribution in [0.3, 0.4) is 0 Å². The van der Waals surface area contributed by atoms with Crippen molar-refractivity contribution in [3.8, 4) is 0 Å². The van der Waals surface area contributed by atoms with Gasteiger partial charge < -0.3 is 10.6 Å². The van der Waals surface area contributed by atoms with E-state index in [4.69, 9.17) is 16.1 Å². The minimum absolute atomic E-state index is 0.000644. The fourth-order valence-corrected chi connectivity index (χ4v) is 4.19. The van der Waals surface area contributed by atoms with E-state index in [-0.39, 0.29) is 17.3 Å². The minimum Gasteiger partial charge on any atom is -0.384 e. The molecule has 1 aliphatic heterocycles. The Labute approximate surface area is 124 Å². The van der Waals surface area contributed by atoms with Gasteiger partial charge in [0.05, 0.1) is 17.1 Å². The molecule has 0 bridgehead atoms. The minimum atomic E-state index is -2.93. The first-order valence-corrected chi connectivity index (χ1v) is 9.11. The fourth-order valence-electron chi connectivity index (χ4n) is 2.99. The van der Waals surface area contributed by atoms with Crippen molar-refractivity contribution in [3.63, 3.8) is 0 Å². The van der Waals surface area contributed by atoms with E-state index in [1.54, 1.807) is 0 Å². The molecule has 3 N–H and O–H groups in total. The van der Waals surface area contributed by atoms with E-state index >= 15 is 0 Å². The lowest BCUT2D eigenvalue weighted by Crippen LogP contribution is -2.42. The molecule has 0 unspecified atom stereocenters. The fraction of sp³-hybridized carbons (Fsp3) is 0.571. The first-order valence-electron chi connectivity index (χ1n) is 7.29. The van der Waals surface area contributed by atoms with Crippen molar-refractivity contribution in [3.05, 3.63) is 22.9 Å². The molecule has 1 aliphatic carbocycles. The predicted molar refractivity (Wildman–Crippen MR) is 82.8 cm³/mol. The Hall–Kier alpha value is -1.63. The average molecular weight is 308 g/mol. The standard InChI is InChI=1S/C14H20N4O2S/c15-13(16)11-9-10-3-1-2-4-12(10)17-14(11)18-5-7-21(19,20)8-6-18/h9H,1-8H2,(H3,15,16). The monoisotopic (exact) mass is 308 g/mol. The number of nitrogen functional groups attached to an aromatic ring is 1. The molecule has 1 aromatic rings. The van der Waals surface area contributed by atoms with E-state index in [0.717, 1.165) is 31.4 Å². The second kappa shape index (κ2) is 5.29. The molecular weight excluding hydrogens is 288 g/mol. The van der Waals surface area contributed by atoms with Gasteiger partial charge in [0.2, 0.25) is 0 Å². The zero-order valence-corrected chi connectivity index (χ0v) is 12.7. The van der Waals surface area contributed by atoms with Crippen molar-refractivity contribution in [1.29, 1.82) is 5.41 Å².